The van der Waals surface area contributed by atoms with Crippen LogP contribution in [0.1, 0.15) is 31.2 Å². The van der Waals surface area contributed by atoms with Gasteiger partial charge in [-0.25, -0.2) is 4.79 Å². The highest BCUT2D eigenvalue weighted by Crippen LogP contribution is 2.08. The monoisotopic (exact) mass is 240 g/mol. The molecule has 0 bridgehead atoms. The zero-order valence-electron chi connectivity index (χ0n) is 9.90. The Morgan fingerprint density at radius 1 is 1.59 bits per heavy atom. The van der Waals surface area contributed by atoms with Gasteiger partial charge in [-0.2, -0.15) is 0 Å². The molecule has 0 fully saturated rings. The number of carboxylic acids is 1. The Bertz CT molecular complexity index is 400. The van der Waals surface area contributed by atoms with Crippen LogP contribution in [0.3, 0.4) is 0 Å². The average Bonchev–Trinajstić information content (AvgIpc) is 2.62. The molecule has 17 heavy (non-hydrogen) atoms. The summed E-state index contributed by atoms with van der Waals surface area (Å²) in [5, 5.41) is 15.0. The summed E-state index contributed by atoms with van der Waals surface area (Å²) in [6.45, 7) is 3.13. The van der Waals surface area contributed by atoms with Crippen LogP contribution in [-0.2, 0) is 16.0 Å². The van der Waals surface area contributed by atoms with Crippen LogP contribution in [0.4, 0.5) is 0 Å². The number of aryl methyl sites for hydroxylation is 2. The van der Waals surface area contributed by atoms with Crippen LogP contribution in [0.15, 0.2) is 10.6 Å². The van der Waals surface area contributed by atoms with E-state index < -0.39 is 12.0 Å². The van der Waals surface area contributed by atoms with Gasteiger partial charge in [0.05, 0.1) is 5.69 Å². The lowest BCUT2D eigenvalue weighted by Gasteiger charge is -2.12. The van der Waals surface area contributed by atoms with Crippen LogP contribution in [0.2, 0.25) is 0 Å². The van der Waals surface area contributed by atoms with Gasteiger partial charge >= 0.3 is 5.97 Å². The molecule has 0 aliphatic carbocycles. The van der Waals surface area contributed by atoms with Crippen molar-refractivity contribution in [1.29, 1.82) is 0 Å². The van der Waals surface area contributed by atoms with Gasteiger partial charge in [0.2, 0.25) is 5.91 Å². The van der Waals surface area contributed by atoms with E-state index in [1.165, 1.54) is 6.92 Å². The molecule has 0 saturated carbocycles. The third-order valence-corrected chi connectivity index (χ3v) is 2.27. The summed E-state index contributed by atoms with van der Waals surface area (Å²) in [6, 6.07) is 0.977. The highest BCUT2D eigenvalue weighted by molar-refractivity contribution is 5.81. The van der Waals surface area contributed by atoms with E-state index in [9.17, 15) is 9.59 Å². The van der Waals surface area contributed by atoms with Gasteiger partial charge in [-0.3, -0.25) is 4.79 Å². The molecule has 0 aliphatic heterocycles. The van der Waals surface area contributed by atoms with E-state index >= 15 is 0 Å². The first-order chi connectivity index (χ1) is 7.99. The number of aliphatic carboxylic acids is 1. The second-order valence-electron chi connectivity index (χ2n) is 3.92. The molecule has 0 radical (unpaired) electrons. The van der Waals surface area contributed by atoms with Crippen LogP contribution in [0, 0.1) is 6.92 Å². The number of carbonyl (C=O) groups excluding carboxylic acids is 1. The van der Waals surface area contributed by atoms with Gasteiger partial charge in [0.1, 0.15) is 11.8 Å². The van der Waals surface area contributed by atoms with Crippen molar-refractivity contribution in [1.82, 2.24) is 10.5 Å². The topological polar surface area (TPSA) is 92.4 Å². The number of nitrogens with zero attached hydrogens (tertiary/aromatic N) is 1. The highest BCUT2D eigenvalue weighted by atomic mass is 16.5. The molecule has 1 aromatic rings. The van der Waals surface area contributed by atoms with Crippen LogP contribution in [-0.4, -0.2) is 28.2 Å². The number of hydrogen-bond acceptors (Lipinski definition) is 4. The minimum Gasteiger partial charge on any atom is -0.480 e. The van der Waals surface area contributed by atoms with E-state index in [1.807, 2.05) is 13.0 Å². The molecule has 6 heteroatoms. The molecule has 94 valence electrons. The number of carboxylic acid groups (broad SMARTS) is 1. The van der Waals surface area contributed by atoms with Crippen LogP contribution >= 0.6 is 0 Å². The van der Waals surface area contributed by atoms with Crippen molar-refractivity contribution in [3.63, 3.8) is 0 Å². The molecule has 6 nitrogen and oxygen atoms in total. The summed E-state index contributed by atoms with van der Waals surface area (Å²) >= 11 is 0. The Hall–Kier alpha value is -1.85. The first-order valence-electron chi connectivity index (χ1n) is 5.41. The van der Waals surface area contributed by atoms with Gasteiger partial charge in [-0.15, -0.1) is 0 Å². The summed E-state index contributed by atoms with van der Waals surface area (Å²) in [5.41, 5.74) is 0.802. The second kappa shape index (κ2) is 6.03. The maximum Gasteiger partial charge on any atom is 0.326 e. The molecule has 0 unspecified atom stereocenters. The quantitative estimate of drug-likeness (QED) is 0.770. The predicted octanol–water partition coefficient (Wildman–Crippen LogP) is 0.895. The maximum atomic E-state index is 10.8. The maximum absolute atomic E-state index is 10.8. The van der Waals surface area contributed by atoms with E-state index in [2.05, 4.69) is 10.5 Å². The highest BCUT2D eigenvalue weighted by Gasteiger charge is 2.17. The molecule has 0 saturated heterocycles. The van der Waals surface area contributed by atoms with Crippen molar-refractivity contribution < 1.29 is 19.2 Å². The Labute approximate surface area is 99.0 Å². The second-order valence-corrected chi connectivity index (χ2v) is 3.92. The van der Waals surface area contributed by atoms with Crippen LogP contribution in [0.25, 0.3) is 0 Å². The molecule has 1 heterocycles. The molecule has 0 aliphatic rings. The number of rotatable bonds is 6. The van der Waals surface area contributed by atoms with Crippen molar-refractivity contribution in [3.05, 3.63) is 17.5 Å². The summed E-state index contributed by atoms with van der Waals surface area (Å²) in [4.78, 5) is 21.6. The normalized spacial score (nSPS) is 12.1. The van der Waals surface area contributed by atoms with Gasteiger partial charge in [-0.1, -0.05) is 5.16 Å². The molecule has 0 aromatic carbocycles. The van der Waals surface area contributed by atoms with E-state index in [1.54, 1.807) is 0 Å². The lowest BCUT2D eigenvalue weighted by atomic mass is 10.1. The molecule has 2 N–H and O–H groups in total. The van der Waals surface area contributed by atoms with E-state index in [-0.39, 0.29) is 5.91 Å². The Balaban J connectivity index is 2.37. The molecular formula is C11H16N2O4. The van der Waals surface area contributed by atoms with Crippen molar-refractivity contribution in [2.75, 3.05) is 0 Å². The molecule has 1 amide bonds. The van der Waals surface area contributed by atoms with Gasteiger partial charge in [0, 0.05) is 19.4 Å². The zero-order chi connectivity index (χ0) is 12.8. The van der Waals surface area contributed by atoms with Crippen molar-refractivity contribution in [2.45, 2.75) is 39.2 Å². The molecule has 0 spiro atoms. The first-order valence-corrected chi connectivity index (χ1v) is 5.41. The molecule has 1 atom stereocenters. The fourth-order valence-electron chi connectivity index (χ4n) is 1.52. The van der Waals surface area contributed by atoms with Crippen molar-refractivity contribution in [2.24, 2.45) is 0 Å². The SMILES string of the molecule is CC(=O)N[C@@H](CCCc1cc(C)no1)C(=O)O. The molecular weight excluding hydrogens is 224 g/mol. The zero-order valence-corrected chi connectivity index (χ0v) is 9.90. The van der Waals surface area contributed by atoms with Gasteiger partial charge in [0.25, 0.3) is 0 Å². The summed E-state index contributed by atoms with van der Waals surface area (Å²) in [7, 11) is 0. The Morgan fingerprint density at radius 3 is 2.76 bits per heavy atom. The number of carbonyl (C=O) groups is 2. The number of nitrogens with one attached hydrogen (secondary N) is 1. The summed E-state index contributed by atoms with van der Waals surface area (Å²) in [6.07, 6.45) is 1.60. The van der Waals surface area contributed by atoms with Crippen LogP contribution in [0.5, 0.6) is 0 Å². The van der Waals surface area contributed by atoms with Crippen LogP contribution < -0.4 is 5.32 Å². The largest absolute Gasteiger partial charge is 0.480 e. The van der Waals surface area contributed by atoms with E-state index in [4.69, 9.17) is 9.63 Å². The average molecular weight is 240 g/mol. The fourth-order valence-corrected chi connectivity index (χ4v) is 1.52. The smallest absolute Gasteiger partial charge is 0.326 e. The summed E-state index contributed by atoms with van der Waals surface area (Å²) < 4.78 is 5.00. The van der Waals surface area contributed by atoms with Gasteiger partial charge < -0.3 is 14.9 Å². The lowest BCUT2D eigenvalue weighted by Crippen LogP contribution is -2.39. The number of aromatic nitrogens is 1. The third kappa shape index (κ3) is 4.67. The van der Waals surface area contributed by atoms with E-state index in [0.29, 0.717) is 19.3 Å². The number of hydrogen-bond donors (Lipinski definition) is 2. The van der Waals surface area contributed by atoms with Crippen molar-refractivity contribution in [3.8, 4) is 0 Å². The first kappa shape index (κ1) is 13.2. The standard InChI is InChI=1S/C11H16N2O4/c1-7-6-9(17-13-7)4-3-5-10(11(15)16)12-8(2)14/h6,10H,3-5H2,1-2H3,(H,12,14)(H,15,16)/t10-/m0/s1. The van der Waals surface area contributed by atoms with Gasteiger partial charge in [-0.05, 0) is 19.8 Å². The minimum atomic E-state index is -1.02. The molecule has 1 rings (SSSR count). The molecule has 1 aromatic heterocycles. The third-order valence-electron chi connectivity index (χ3n) is 2.27. The predicted molar refractivity (Wildman–Crippen MR) is 59.4 cm³/mol. The fraction of sp³-hybridized carbons (Fsp3) is 0.545. The number of amides is 1. The Morgan fingerprint density at radius 2 is 2.29 bits per heavy atom. The summed E-state index contributed by atoms with van der Waals surface area (Å²) in [5.74, 6) is -0.628. The lowest BCUT2D eigenvalue weighted by molar-refractivity contribution is -0.141. The minimum absolute atomic E-state index is 0.340. The van der Waals surface area contributed by atoms with Gasteiger partial charge in [0.15, 0.2) is 0 Å². The van der Waals surface area contributed by atoms with Crippen molar-refractivity contribution >= 4 is 11.9 Å². The van der Waals surface area contributed by atoms with E-state index in [0.717, 1.165) is 11.5 Å². The Kier molecular flexibility index (Phi) is 4.68.